The van der Waals surface area contributed by atoms with Crippen LogP contribution in [0.1, 0.15) is 22.6 Å². The highest BCUT2D eigenvalue weighted by Gasteiger charge is 2.48. The van der Waals surface area contributed by atoms with Gasteiger partial charge in [-0.3, -0.25) is 13.9 Å². The van der Waals surface area contributed by atoms with Crippen molar-refractivity contribution in [2.75, 3.05) is 13.2 Å². The molecular formula is C22H18Cl2N3O5+. The van der Waals surface area contributed by atoms with Gasteiger partial charge in [-0.05, 0) is 41.9 Å². The van der Waals surface area contributed by atoms with E-state index in [9.17, 15) is 14.7 Å². The summed E-state index contributed by atoms with van der Waals surface area (Å²) in [4.78, 5) is 26.2. The van der Waals surface area contributed by atoms with Crippen molar-refractivity contribution >= 4 is 40.4 Å². The molecule has 0 saturated heterocycles. The fourth-order valence-corrected chi connectivity index (χ4v) is 4.56. The lowest BCUT2D eigenvalue weighted by atomic mass is 10.0. The van der Waals surface area contributed by atoms with Gasteiger partial charge in [0.25, 0.3) is 11.3 Å². The van der Waals surface area contributed by atoms with Gasteiger partial charge in [0.05, 0.1) is 6.61 Å². The molecule has 2 aromatic heterocycles. The first-order chi connectivity index (χ1) is 15.3. The first kappa shape index (κ1) is 20.8. The van der Waals surface area contributed by atoms with Crippen molar-refractivity contribution in [2.24, 2.45) is 14.1 Å². The van der Waals surface area contributed by atoms with E-state index >= 15 is 0 Å². The number of furan rings is 1. The summed E-state index contributed by atoms with van der Waals surface area (Å²) < 4.78 is 16.0. The van der Waals surface area contributed by atoms with Crippen molar-refractivity contribution in [1.82, 2.24) is 9.13 Å². The van der Waals surface area contributed by atoms with Gasteiger partial charge in [-0.25, -0.2) is 4.79 Å². The normalized spacial score (nSPS) is 17.5. The zero-order chi connectivity index (χ0) is 22.7. The number of rotatable bonds is 3. The van der Waals surface area contributed by atoms with E-state index in [-0.39, 0.29) is 24.1 Å². The average Bonchev–Trinajstić information content (AvgIpc) is 3.37. The van der Waals surface area contributed by atoms with Crippen LogP contribution >= 0.6 is 23.2 Å². The zero-order valence-corrected chi connectivity index (χ0v) is 18.6. The van der Waals surface area contributed by atoms with Gasteiger partial charge in [0, 0.05) is 24.7 Å². The summed E-state index contributed by atoms with van der Waals surface area (Å²) in [6, 6.07) is 10.3. The number of aromatic nitrogens is 2. The van der Waals surface area contributed by atoms with Crippen molar-refractivity contribution in [3.8, 4) is 0 Å². The molecule has 1 atom stereocenters. The van der Waals surface area contributed by atoms with Gasteiger partial charge >= 0.3 is 5.69 Å². The van der Waals surface area contributed by atoms with Crippen LogP contribution in [0.5, 0.6) is 0 Å². The first-order valence-electron chi connectivity index (χ1n) is 9.80. The van der Waals surface area contributed by atoms with Gasteiger partial charge in [-0.1, -0.05) is 17.7 Å². The predicted octanol–water partition coefficient (Wildman–Crippen LogP) is 2.06. The Kier molecular flexibility index (Phi) is 4.88. The summed E-state index contributed by atoms with van der Waals surface area (Å²) >= 11 is 12.3. The minimum Gasteiger partial charge on any atom is -0.472 e. The van der Waals surface area contributed by atoms with Crippen LogP contribution in [0.25, 0.3) is 11.5 Å². The number of benzene rings is 1. The molecule has 8 nitrogen and oxygen atoms in total. The highest BCUT2D eigenvalue weighted by Crippen LogP contribution is 2.39. The highest BCUT2D eigenvalue weighted by molar-refractivity contribution is 6.31. The van der Waals surface area contributed by atoms with E-state index in [1.54, 1.807) is 37.4 Å². The predicted molar refractivity (Wildman–Crippen MR) is 119 cm³/mol. The van der Waals surface area contributed by atoms with E-state index in [4.69, 9.17) is 32.4 Å². The summed E-state index contributed by atoms with van der Waals surface area (Å²) in [7, 11) is 3.03. The molecule has 3 aromatic rings. The number of ether oxygens (including phenoxy) is 1. The van der Waals surface area contributed by atoms with Crippen LogP contribution < -0.4 is 11.2 Å². The molecular weight excluding hydrogens is 457 g/mol. The molecule has 1 aromatic carbocycles. The molecule has 0 amide bonds. The molecule has 0 saturated carbocycles. The number of halogens is 2. The molecule has 0 bridgehead atoms. The topological polar surface area (TPSA) is 89.6 Å². The third kappa shape index (κ3) is 2.98. The van der Waals surface area contributed by atoms with E-state index < -0.39 is 17.4 Å². The van der Waals surface area contributed by atoms with Gasteiger partial charge < -0.3 is 14.3 Å². The molecule has 2 aliphatic heterocycles. The van der Waals surface area contributed by atoms with E-state index in [1.165, 1.54) is 11.6 Å². The third-order valence-electron chi connectivity index (χ3n) is 5.65. The van der Waals surface area contributed by atoms with Crippen LogP contribution in [0.4, 0.5) is 0 Å². The maximum absolute atomic E-state index is 13.4. The van der Waals surface area contributed by atoms with Crippen LogP contribution in [-0.4, -0.2) is 43.8 Å². The lowest BCUT2D eigenvalue weighted by Crippen LogP contribution is -2.41. The monoisotopic (exact) mass is 474 g/mol. The molecule has 0 radical (unpaired) electrons. The second-order valence-corrected chi connectivity index (χ2v) is 8.41. The number of hydrogen-bond acceptors (Lipinski definition) is 5. The fourth-order valence-electron chi connectivity index (χ4n) is 4.23. The Morgan fingerprint density at radius 1 is 1.16 bits per heavy atom. The van der Waals surface area contributed by atoms with Crippen LogP contribution in [0.15, 0.2) is 50.4 Å². The lowest BCUT2D eigenvalue weighted by molar-refractivity contribution is -0.449. The van der Waals surface area contributed by atoms with Crippen molar-refractivity contribution in [3.05, 3.63) is 90.1 Å². The first-order valence-corrected chi connectivity index (χ1v) is 10.6. The Morgan fingerprint density at radius 2 is 1.94 bits per heavy atom. The van der Waals surface area contributed by atoms with Gasteiger partial charge in [0.1, 0.15) is 11.3 Å². The van der Waals surface area contributed by atoms with Crippen molar-refractivity contribution in [3.63, 3.8) is 0 Å². The maximum atomic E-state index is 13.4. The molecule has 32 heavy (non-hydrogen) atoms. The molecule has 4 heterocycles. The quantitative estimate of drug-likeness (QED) is 0.586. The molecule has 5 rings (SSSR count). The molecule has 1 N–H and O–H groups in total. The summed E-state index contributed by atoms with van der Waals surface area (Å²) in [6.07, 6.45) is -0.609. The molecule has 0 spiro atoms. The van der Waals surface area contributed by atoms with E-state index in [2.05, 4.69) is 0 Å². The van der Waals surface area contributed by atoms with Crippen molar-refractivity contribution in [1.29, 1.82) is 0 Å². The van der Waals surface area contributed by atoms with E-state index in [0.717, 1.165) is 4.57 Å². The van der Waals surface area contributed by atoms with Crippen LogP contribution in [0.2, 0.25) is 10.2 Å². The number of nitrogens with zero attached hydrogens (tertiary/aromatic N) is 3. The molecule has 0 aliphatic carbocycles. The largest absolute Gasteiger partial charge is 0.472 e. The Balaban J connectivity index is 1.97. The fraction of sp³-hybridized carbons (Fsp3) is 0.227. The maximum Gasteiger partial charge on any atom is 0.331 e. The SMILES string of the molecule is Cn1c2c(c(=O)n(C)c1=O)C(c1cccc(Cl)c1)=[N+]1C[C@H](CO)OC(c3ccc(Cl)o3)=C21. The summed E-state index contributed by atoms with van der Waals surface area (Å²) in [6.45, 7) is -0.0184. The average molecular weight is 475 g/mol. The molecule has 0 unspecified atom stereocenters. The lowest BCUT2D eigenvalue weighted by Gasteiger charge is -2.23. The second kappa shape index (κ2) is 7.51. The standard InChI is InChI=1S/C22H18Cl2N3O5/c1-25-18-16(21(29)26(2)22(25)30)17(11-4-3-5-12(23)8-11)27-9-13(10-28)31-20(19(18)27)14-6-7-15(24)32-14/h3-8,13,28H,9-10H2,1-2H3/q+1/t13-/m1/s1. The van der Waals surface area contributed by atoms with E-state index in [0.29, 0.717) is 39.0 Å². The number of aliphatic hydroxyl groups excluding tert-OH is 1. The minimum absolute atomic E-state index is 0.157. The van der Waals surface area contributed by atoms with Gasteiger partial charge in [-0.15, -0.1) is 0 Å². The van der Waals surface area contributed by atoms with Gasteiger partial charge in [0.2, 0.25) is 11.5 Å². The summed E-state index contributed by atoms with van der Waals surface area (Å²) in [5.74, 6) is 0.600. The van der Waals surface area contributed by atoms with Crippen LogP contribution in [0, 0.1) is 0 Å². The van der Waals surface area contributed by atoms with Crippen LogP contribution in [0.3, 0.4) is 0 Å². The second-order valence-electron chi connectivity index (χ2n) is 7.60. The molecule has 2 aliphatic rings. The zero-order valence-electron chi connectivity index (χ0n) is 17.1. The van der Waals surface area contributed by atoms with Crippen molar-refractivity contribution in [2.45, 2.75) is 6.10 Å². The van der Waals surface area contributed by atoms with E-state index in [1.807, 2.05) is 10.6 Å². The van der Waals surface area contributed by atoms with Crippen molar-refractivity contribution < 1.29 is 18.8 Å². The highest BCUT2D eigenvalue weighted by atomic mass is 35.5. The third-order valence-corrected chi connectivity index (χ3v) is 6.09. The molecule has 0 fully saturated rings. The Bertz CT molecular complexity index is 1460. The Labute approximate surface area is 191 Å². The Hall–Kier alpha value is -3.07. The number of hydrogen-bond donors (Lipinski definition) is 1. The number of aliphatic hydroxyl groups is 1. The summed E-state index contributed by atoms with van der Waals surface area (Å²) in [5, 5.41) is 10.6. The Morgan fingerprint density at radius 3 is 2.59 bits per heavy atom. The number of fused-ring (bicyclic) bond motifs is 3. The van der Waals surface area contributed by atoms with Crippen LogP contribution in [-0.2, 0) is 18.8 Å². The minimum atomic E-state index is -0.609. The smallest absolute Gasteiger partial charge is 0.331 e. The molecule has 10 heteroatoms. The molecule has 164 valence electrons. The van der Waals surface area contributed by atoms with Gasteiger partial charge in [0.15, 0.2) is 23.6 Å². The van der Waals surface area contributed by atoms with Gasteiger partial charge in [-0.2, -0.15) is 4.58 Å². The summed E-state index contributed by atoms with van der Waals surface area (Å²) in [5.41, 5.74) is 1.57.